The van der Waals surface area contributed by atoms with Crippen LogP contribution < -0.4 is 14.8 Å². The predicted octanol–water partition coefficient (Wildman–Crippen LogP) is 2.14. The molecule has 0 radical (unpaired) electrons. The molecular weight excluding hydrogens is 480 g/mol. The van der Waals surface area contributed by atoms with E-state index in [1.165, 1.54) is 44.2 Å². The van der Waals surface area contributed by atoms with E-state index in [0.29, 0.717) is 11.5 Å². The largest absolute Gasteiger partial charge is 0.493 e. The minimum absolute atomic E-state index is 0.0203. The summed E-state index contributed by atoms with van der Waals surface area (Å²) in [6.07, 6.45) is 2.20. The Morgan fingerprint density at radius 1 is 1.15 bits per heavy atom. The lowest BCUT2D eigenvalue weighted by molar-refractivity contribution is -0.142. The first-order valence-electron chi connectivity index (χ1n) is 10.6. The number of carbonyl (C=O) groups is 2. The third-order valence-electron chi connectivity index (χ3n) is 5.69. The summed E-state index contributed by atoms with van der Waals surface area (Å²) < 4.78 is 39.0. The van der Waals surface area contributed by atoms with Crippen molar-refractivity contribution in [1.29, 1.82) is 0 Å². The lowest BCUT2D eigenvalue weighted by Gasteiger charge is -2.35. The number of thioether (sulfide) groups is 1. The lowest BCUT2D eigenvalue weighted by Crippen LogP contribution is -2.55. The van der Waals surface area contributed by atoms with Crippen molar-refractivity contribution >= 4 is 33.7 Å². The summed E-state index contributed by atoms with van der Waals surface area (Å²) >= 11 is 1.47. The Bertz CT molecular complexity index is 1150. The van der Waals surface area contributed by atoms with Crippen LogP contribution in [0, 0.1) is 0 Å². The Hall–Kier alpha value is -2.76. The van der Waals surface area contributed by atoms with Gasteiger partial charge in [0, 0.05) is 12.6 Å². The van der Waals surface area contributed by atoms with E-state index in [9.17, 15) is 23.1 Å². The molecule has 0 spiro atoms. The second kappa shape index (κ2) is 11.1. The average molecular weight is 509 g/mol. The fourth-order valence-electron chi connectivity index (χ4n) is 3.85. The maximum atomic E-state index is 13.7. The molecule has 1 aliphatic heterocycles. The molecule has 3 rings (SSSR count). The number of hydrogen-bond acceptors (Lipinski definition) is 7. The van der Waals surface area contributed by atoms with Gasteiger partial charge in [0.05, 0.1) is 19.1 Å². The van der Waals surface area contributed by atoms with Crippen molar-refractivity contribution < 1.29 is 32.6 Å². The number of ether oxygens (including phenoxy) is 2. The van der Waals surface area contributed by atoms with E-state index in [1.54, 1.807) is 0 Å². The fraction of sp³-hybridized carbons (Fsp3) is 0.391. The predicted molar refractivity (Wildman–Crippen MR) is 129 cm³/mol. The Labute approximate surface area is 203 Å². The Balaban J connectivity index is 2.00. The van der Waals surface area contributed by atoms with Gasteiger partial charge in [-0.2, -0.15) is 16.1 Å². The zero-order valence-electron chi connectivity index (χ0n) is 19.2. The number of nitrogens with zero attached hydrogens (tertiary/aromatic N) is 1. The normalized spacial score (nSPS) is 16.9. The van der Waals surface area contributed by atoms with Crippen molar-refractivity contribution in [1.82, 2.24) is 9.62 Å². The first-order valence-corrected chi connectivity index (χ1v) is 13.4. The molecule has 0 bridgehead atoms. The van der Waals surface area contributed by atoms with Gasteiger partial charge >= 0.3 is 5.97 Å². The van der Waals surface area contributed by atoms with Crippen molar-refractivity contribution in [3.05, 3.63) is 53.6 Å². The first-order chi connectivity index (χ1) is 16.2. The van der Waals surface area contributed by atoms with Crippen LogP contribution in [0.25, 0.3) is 0 Å². The van der Waals surface area contributed by atoms with Gasteiger partial charge < -0.3 is 19.9 Å². The highest BCUT2D eigenvalue weighted by atomic mass is 32.2. The average Bonchev–Trinajstić information content (AvgIpc) is 2.84. The molecule has 9 nitrogen and oxygen atoms in total. The van der Waals surface area contributed by atoms with Crippen LogP contribution in [0.2, 0.25) is 0 Å². The molecular formula is C23H28N2O7S2. The number of aliphatic carboxylic acids is 1. The number of hydrogen-bond donors (Lipinski definition) is 2. The minimum Gasteiger partial charge on any atom is -0.493 e. The molecule has 2 N–H and O–H groups in total. The van der Waals surface area contributed by atoms with E-state index >= 15 is 0 Å². The van der Waals surface area contributed by atoms with Gasteiger partial charge in [-0.05, 0) is 48.1 Å². The quantitative estimate of drug-likeness (QED) is 0.501. The number of carbonyl (C=O) groups excluding carboxylic acids is 1. The maximum Gasteiger partial charge on any atom is 0.326 e. The minimum atomic E-state index is -4.14. The number of carboxylic acid groups (broad SMARTS) is 1. The van der Waals surface area contributed by atoms with E-state index in [0.717, 1.165) is 15.4 Å². The summed E-state index contributed by atoms with van der Waals surface area (Å²) in [5.41, 5.74) is 1.63. The smallest absolute Gasteiger partial charge is 0.326 e. The topological polar surface area (TPSA) is 122 Å². The van der Waals surface area contributed by atoms with Crippen LogP contribution in [-0.4, -0.2) is 68.0 Å². The standard InChI is InChI=1S/C23H28N2O7S2/c1-31-20-9-8-17(13-21(20)32-2)34(29,30)25-14-16-7-5-4-6-15(16)12-19(25)22(26)24-18(23(27)28)10-11-33-3/h4-9,13,18-19H,10-12,14H2,1-3H3,(H,24,26)(H,27,28). The second-order valence-corrected chi connectivity index (χ2v) is 10.6. The maximum absolute atomic E-state index is 13.7. The molecule has 0 saturated heterocycles. The monoisotopic (exact) mass is 508 g/mol. The molecule has 2 unspecified atom stereocenters. The molecule has 1 amide bonds. The fourth-order valence-corrected chi connectivity index (χ4v) is 5.90. The zero-order chi connectivity index (χ0) is 24.9. The Kier molecular flexibility index (Phi) is 8.45. The van der Waals surface area contributed by atoms with E-state index in [4.69, 9.17) is 9.47 Å². The van der Waals surface area contributed by atoms with Gasteiger partial charge in [0.15, 0.2) is 11.5 Å². The van der Waals surface area contributed by atoms with Crippen molar-refractivity contribution in [2.24, 2.45) is 0 Å². The molecule has 0 saturated carbocycles. The summed E-state index contributed by atoms with van der Waals surface area (Å²) in [6.45, 7) is -0.0203. The summed E-state index contributed by atoms with van der Waals surface area (Å²) in [5.74, 6) is -0.652. The Morgan fingerprint density at radius 3 is 2.44 bits per heavy atom. The molecule has 2 aromatic rings. The van der Waals surface area contributed by atoms with Crippen LogP contribution in [0.4, 0.5) is 0 Å². The highest BCUT2D eigenvalue weighted by Crippen LogP contribution is 2.34. The van der Waals surface area contributed by atoms with Gasteiger partial charge in [0.1, 0.15) is 12.1 Å². The van der Waals surface area contributed by atoms with Gasteiger partial charge in [-0.1, -0.05) is 24.3 Å². The van der Waals surface area contributed by atoms with Crippen LogP contribution in [0.15, 0.2) is 47.4 Å². The molecule has 184 valence electrons. The van der Waals surface area contributed by atoms with E-state index in [1.807, 2.05) is 30.5 Å². The van der Waals surface area contributed by atoms with E-state index in [-0.39, 0.29) is 30.0 Å². The van der Waals surface area contributed by atoms with Crippen LogP contribution in [0.3, 0.4) is 0 Å². The summed E-state index contributed by atoms with van der Waals surface area (Å²) in [7, 11) is -1.29. The van der Waals surface area contributed by atoms with Gasteiger partial charge in [0.2, 0.25) is 15.9 Å². The summed E-state index contributed by atoms with van der Waals surface area (Å²) in [4.78, 5) is 24.9. The third-order valence-corrected chi connectivity index (χ3v) is 8.19. The summed E-state index contributed by atoms with van der Waals surface area (Å²) in [6, 6.07) is 9.31. The van der Waals surface area contributed by atoms with Crippen molar-refractivity contribution in [2.75, 3.05) is 26.2 Å². The van der Waals surface area contributed by atoms with Crippen molar-refractivity contribution in [3.8, 4) is 11.5 Å². The van der Waals surface area contributed by atoms with Crippen LogP contribution >= 0.6 is 11.8 Å². The number of nitrogens with one attached hydrogen (secondary N) is 1. The number of amides is 1. The van der Waals surface area contributed by atoms with Crippen molar-refractivity contribution in [3.63, 3.8) is 0 Å². The van der Waals surface area contributed by atoms with E-state index in [2.05, 4.69) is 5.32 Å². The zero-order valence-corrected chi connectivity index (χ0v) is 20.8. The molecule has 1 heterocycles. The lowest BCUT2D eigenvalue weighted by atomic mass is 9.95. The molecule has 34 heavy (non-hydrogen) atoms. The number of sulfonamides is 1. The highest BCUT2D eigenvalue weighted by molar-refractivity contribution is 7.98. The number of benzene rings is 2. The van der Waals surface area contributed by atoms with Gasteiger partial charge in [-0.3, -0.25) is 4.79 Å². The molecule has 2 atom stereocenters. The van der Waals surface area contributed by atoms with Crippen LogP contribution in [-0.2, 0) is 32.6 Å². The van der Waals surface area contributed by atoms with Gasteiger partial charge in [-0.15, -0.1) is 0 Å². The van der Waals surface area contributed by atoms with Crippen LogP contribution in [0.5, 0.6) is 11.5 Å². The molecule has 11 heteroatoms. The highest BCUT2D eigenvalue weighted by Gasteiger charge is 2.40. The SMILES string of the molecule is COc1ccc(S(=O)(=O)N2Cc3ccccc3CC2C(=O)NC(CCSC)C(=O)O)cc1OC. The number of carboxylic acids is 1. The molecule has 0 aliphatic carbocycles. The summed E-state index contributed by atoms with van der Waals surface area (Å²) in [5, 5.41) is 12.1. The van der Waals surface area contributed by atoms with Crippen molar-refractivity contribution in [2.45, 2.75) is 36.4 Å². The van der Waals surface area contributed by atoms with E-state index < -0.39 is 34.0 Å². The molecule has 2 aromatic carbocycles. The molecule has 0 aromatic heterocycles. The van der Waals surface area contributed by atoms with Gasteiger partial charge in [-0.25, -0.2) is 13.2 Å². The molecule has 0 fully saturated rings. The molecule has 1 aliphatic rings. The van der Waals surface area contributed by atoms with Gasteiger partial charge in [0.25, 0.3) is 0 Å². The van der Waals surface area contributed by atoms with Crippen LogP contribution in [0.1, 0.15) is 17.5 Å². The Morgan fingerprint density at radius 2 is 1.82 bits per heavy atom. The number of fused-ring (bicyclic) bond motifs is 1. The second-order valence-electron chi connectivity index (χ2n) is 7.74. The number of rotatable bonds is 10. The first kappa shape index (κ1) is 25.9. The number of methoxy groups -OCH3 is 2. The third kappa shape index (κ3) is 5.48.